The third kappa shape index (κ3) is 3.66. The average Bonchev–Trinajstić information content (AvgIpc) is 3.09. The van der Waals surface area contributed by atoms with Gasteiger partial charge in [0, 0.05) is 5.56 Å². The normalized spacial score (nSPS) is 11.2. The fourth-order valence-corrected chi connectivity index (χ4v) is 2.19. The molecule has 0 atom stereocenters. The maximum atomic E-state index is 12.6. The van der Waals surface area contributed by atoms with Gasteiger partial charge < -0.3 is 9.15 Å². The van der Waals surface area contributed by atoms with Gasteiger partial charge in [-0.1, -0.05) is 17.2 Å². The van der Waals surface area contributed by atoms with Gasteiger partial charge in [-0.3, -0.25) is 10.1 Å². The molecule has 0 aliphatic rings. The number of nitrogens with one attached hydrogen (secondary N) is 1. The first-order valence-electron chi connectivity index (χ1n) is 7.34. The van der Waals surface area contributed by atoms with Crippen LogP contribution in [-0.2, 0) is 6.18 Å². The number of methoxy groups -OCH3 is 1. The lowest BCUT2D eigenvalue weighted by molar-refractivity contribution is -0.137. The summed E-state index contributed by atoms with van der Waals surface area (Å²) in [6.45, 7) is 0. The maximum absolute atomic E-state index is 12.6. The third-order valence-electron chi connectivity index (χ3n) is 3.46. The van der Waals surface area contributed by atoms with Crippen molar-refractivity contribution in [3.8, 4) is 17.2 Å². The minimum atomic E-state index is -4.43. The molecule has 134 valence electrons. The standard InChI is InChI=1S/C17H12F3N3O3/c1-25-13-5-3-2-4-12(13)14(24)21-16-23-22-15(26-16)10-6-8-11(9-7-10)17(18,19)20/h2-9H,1H3,(H,21,23,24). The van der Waals surface area contributed by atoms with Crippen LogP contribution in [0.4, 0.5) is 19.2 Å². The summed E-state index contributed by atoms with van der Waals surface area (Å²) in [6.07, 6.45) is -4.43. The lowest BCUT2D eigenvalue weighted by Gasteiger charge is -2.06. The first-order chi connectivity index (χ1) is 12.4. The summed E-state index contributed by atoms with van der Waals surface area (Å²) in [7, 11) is 1.43. The molecular weight excluding hydrogens is 351 g/mol. The molecular formula is C17H12F3N3O3. The van der Waals surface area contributed by atoms with Gasteiger partial charge in [0.2, 0.25) is 5.89 Å². The number of para-hydroxylation sites is 1. The van der Waals surface area contributed by atoms with Crippen LogP contribution in [0.3, 0.4) is 0 Å². The molecule has 2 aromatic carbocycles. The molecule has 9 heteroatoms. The van der Waals surface area contributed by atoms with E-state index in [1.54, 1.807) is 24.3 Å². The van der Waals surface area contributed by atoms with Gasteiger partial charge in [0.15, 0.2) is 0 Å². The molecule has 0 unspecified atom stereocenters. The summed E-state index contributed by atoms with van der Waals surface area (Å²) in [5.74, 6) is -0.174. The van der Waals surface area contributed by atoms with E-state index < -0.39 is 17.6 Å². The second kappa shape index (κ2) is 6.87. The number of aromatic nitrogens is 2. The van der Waals surface area contributed by atoms with Crippen molar-refractivity contribution in [3.63, 3.8) is 0 Å². The zero-order chi connectivity index (χ0) is 18.7. The zero-order valence-electron chi connectivity index (χ0n) is 13.4. The fourth-order valence-electron chi connectivity index (χ4n) is 2.19. The van der Waals surface area contributed by atoms with Gasteiger partial charge >= 0.3 is 12.2 Å². The Bertz CT molecular complexity index is 921. The van der Waals surface area contributed by atoms with E-state index in [-0.39, 0.29) is 17.5 Å². The number of rotatable bonds is 4. The SMILES string of the molecule is COc1ccccc1C(=O)Nc1nnc(-c2ccc(C(F)(F)F)cc2)o1. The summed E-state index contributed by atoms with van der Waals surface area (Å²) in [4.78, 5) is 12.3. The highest BCUT2D eigenvalue weighted by Crippen LogP contribution is 2.31. The maximum Gasteiger partial charge on any atom is 0.416 e. The molecule has 26 heavy (non-hydrogen) atoms. The number of amides is 1. The van der Waals surface area contributed by atoms with Crippen LogP contribution in [0.1, 0.15) is 15.9 Å². The molecule has 1 aromatic heterocycles. The largest absolute Gasteiger partial charge is 0.496 e. The highest BCUT2D eigenvalue weighted by molar-refractivity contribution is 6.05. The fraction of sp³-hybridized carbons (Fsp3) is 0.118. The zero-order valence-corrected chi connectivity index (χ0v) is 13.4. The van der Waals surface area contributed by atoms with E-state index >= 15 is 0 Å². The van der Waals surface area contributed by atoms with E-state index in [0.717, 1.165) is 12.1 Å². The molecule has 1 N–H and O–H groups in total. The molecule has 0 bridgehead atoms. The number of nitrogens with zero attached hydrogens (tertiary/aromatic N) is 2. The predicted octanol–water partition coefficient (Wildman–Crippen LogP) is 4.02. The van der Waals surface area contributed by atoms with Crippen molar-refractivity contribution in [2.24, 2.45) is 0 Å². The predicted molar refractivity (Wildman–Crippen MR) is 85.7 cm³/mol. The second-order valence-electron chi connectivity index (χ2n) is 5.14. The van der Waals surface area contributed by atoms with E-state index in [4.69, 9.17) is 9.15 Å². The van der Waals surface area contributed by atoms with Crippen molar-refractivity contribution in [1.29, 1.82) is 0 Å². The molecule has 0 spiro atoms. The van der Waals surface area contributed by atoms with Gasteiger partial charge in [0.25, 0.3) is 5.91 Å². The second-order valence-corrected chi connectivity index (χ2v) is 5.14. The number of carbonyl (C=O) groups excluding carboxylic acids is 1. The van der Waals surface area contributed by atoms with Crippen LogP contribution < -0.4 is 10.1 Å². The number of ether oxygens (including phenoxy) is 1. The third-order valence-corrected chi connectivity index (χ3v) is 3.46. The van der Waals surface area contributed by atoms with Crippen molar-refractivity contribution in [3.05, 3.63) is 59.7 Å². The van der Waals surface area contributed by atoms with Crippen molar-refractivity contribution in [1.82, 2.24) is 10.2 Å². The lowest BCUT2D eigenvalue weighted by atomic mass is 10.1. The number of hydrogen-bond acceptors (Lipinski definition) is 5. The van der Waals surface area contributed by atoms with E-state index in [0.29, 0.717) is 11.3 Å². The van der Waals surface area contributed by atoms with Gasteiger partial charge in [-0.15, -0.1) is 5.10 Å². The van der Waals surface area contributed by atoms with Crippen molar-refractivity contribution >= 4 is 11.9 Å². The van der Waals surface area contributed by atoms with Crippen molar-refractivity contribution in [2.75, 3.05) is 12.4 Å². The summed E-state index contributed by atoms with van der Waals surface area (Å²) in [5.41, 5.74) is -0.224. The van der Waals surface area contributed by atoms with Gasteiger partial charge in [0.05, 0.1) is 18.2 Å². The topological polar surface area (TPSA) is 77.2 Å². The summed E-state index contributed by atoms with van der Waals surface area (Å²) >= 11 is 0. The Labute approximate surface area is 145 Å². The minimum absolute atomic E-state index is 0.0194. The van der Waals surface area contributed by atoms with Gasteiger partial charge in [-0.25, -0.2) is 0 Å². The van der Waals surface area contributed by atoms with E-state index in [9.17, 15) is 18.0 Å². The Balaban J connectivity index is 1.77. The minimum Gasteiger partial charge on any atom is -0.496 e. The molecule has 1 heterocycles. The number of carbonyl (C=O) groups is 1. The van der Waals surface area contributed by atoms with E-state index in [2.05, 4.69) is 15.5 Å². The summed E-state index contributed by atoms with van der Waals surface area (Å²) in [5, 5.41) is 9.82. The van der Waals surface area contributed by atoms with Crippen molar-refractivity contribution in [2.45, 2.75) is 6.18 Å². The Hall–Kier alpha value is -3.36. The number of hydrogen-bond donors (Lipinski definition) is 1. The van der Waals surface area contributed by atoms with Gasteiger partial charge in [-0.2, -0.15) is 13.2 Å². The lowest BCUT2D eigenvalue weighted by Crippen LogP contribution is -2.13. The van der Waals surface area contributed by atoms with E-state index in [1.165, 1.54) is 19.2 Å². The number of alkyl halides is 3. The van der Waals surface area contributed by atoms with Crippen LogP contribution in [0.25, 0.3) is 11.5 Å². The number of benzene rings is 2. The van der Waals surface area contributed by atoms with Crippen LogP contribution >= 0.6 is 0 Å². The summed E-state index contributed by atoms with van der Waals surface area (Å²) in [6, 6.07) is 10.6. The Morgan fingerprint density at radius 1 is 1.08 bits per heavy atom. The first kappa shape index (κ1) is 17.5. The Morgan fingerprint density at radius 2 is 1.77 bits per heavy atom. The number of halogens is 3. The van der Waals surface area contributed by atoms with Gasteiger partial charge in [-0.05, 0) is 36.4 Å². The number of anilines is 1. The molecule has 3 aromatic rings. The Morgan fingerprint density at radius 3 is 2.42 bits per heavy atom. The van der Waals surface area contributed by atoms with Crippen LogP contribution in [0, 0.1) is 0 Å². The highest BCUT2D eigenvalue weighted by Gasteiger charge is 2.30. The summed E-state index contributed by atoms with van der Waals surface area (Å²) < 4.78 is 48.1. The van der Waals surface area contributed by atoms with Crippen LogP contribution in [0.2, 0.25) is 0 Å². The van der Waals surface area contributed by atoms with Gasteiger partial charge in [0.1, 0.15) is 5.75 Å². The molecule has 1 amide bonds. The molecule has 0 saturated heterocycles. The molecule has 0 fully saturated rings. The quantitative estimate of drug-likeness (QED) is 0.758. The molecule has 6 nitrogen and oxygen atoms in total. The van der Waals surface area contributed by atoms with E-state index in [1.807, 2.05) is 0 Å². The monoisotopic (exact) mass is 363 g/mol. The molecule has 0 radical (unpaired) electrons. The Kier molecular flexibility index (Phi) is 4.61. The van der Waals surface area contributed by atoms with Crippen molar-refractivity contribution < 1.29 is 27.1 Å². The van der Waals surface area contributed by atoms with Crippen LogP contribution in [0.5, 0.6) is 5.75 Å². The molecule has 0 aliphatic heterocycles. The first-order valence-corrected chi connectivity index (χ1v) is 7.34. The van der Waals surface area contributed by atoms with Crippen LogP contribution in [0.15, 0.2) is 52.9 Å². The molecule has 3 rings (SSSR count). The molecule has 0 saturated carbocycles. The van der Waals surface area contributed by atoms with Crippen LogP contribution in [-0.4, -0.2) is 23.2 Å². The molecule has 0 aliphatic carbocycles. The highest BCUT2D eigenvalue weighted by atomic mass is 19.4. The smallest absolute Gasteiger partial charge is 0.416 e. The average molecular weight is 363 g/mol.